The number of rotatable bonds is 4. The van der Waals surface area contributed by atoms with Gasteiger partial charge in [-0.2, -0.15) is 0 Å². The van der Waals surface area contributed by atoms with Crippen LogP contribution in [0.4, 0.5) is 10.1 Å². The van der Waals surface area contributed by atoms with Crippen LogP contribution in [0.1, 0.15) is 49.8 Å². The summed E-state index contributed by atoms with van der Waals surface area (Å²) in [5.74, 6) is 6.43. The number of aromatic nitrogens is 2. The summed E-state index contributed by atoms with van der Waals surface area (Å²) in [5.41, 5.74) is 3.42. The Kier molecular flexibility index (Phi) is 6.27. The van der Waals surface area contributed by atoms with Gasteiger partial charge in [0.25, 0.3) is 0 Å². The van der Waals surface area contributed by atoms with Crippen molar-refractivity contribution >= 4 is 22.5 Å². The molecule has 1 N–H and O–H groups in total. The first-order chi connectivity index (χ1) is 15.0. The lowest BCUT2D eigenvalue weighted by atomic mass is 9.81. The number of amides is 1. The summed E-state index contributed by atoms with van der Waals surface area (Å²) in [4.78, 5) is 21.5. The summed E-state index contributed by atoms with van der Waals surface area (Å²) >= 11 is 0. The zero-order chi connectivity index (χ0) is 21.8. The Morgan fingerprint density at radius 1 is 1.13 bits per heavy atom. The Balaban J connectivity index is 1.48. The average Bonchev–Trinajstić information content (AvgIpc) is 2.74. The summed E-state index contributed by atoms with van der Waals surface area (Å²) in [5, 5.41) is 3.88. The Hall–Kier alpha value is -3.26. The smallest absolute Gasteiger partial charge is 0.227 e. The highest BCUT2D eigenvalue weighted by Crippen LogP contribution is 2.32. The molecule has 4 nitrogen and oxygen atoms in total. The van der Waals surface area contributed by atoms with E-state index in [-0.39, 0.29) is 29.5 Å². The molecule has 158 valence electrons. The van der Waals surface area contributed by atoms with Crippen LogP contribution in [0.2, 0.25) is 0 Å². The highest BCUT2D eigenvalue weighted by Gasteiger charge is 2.26. The van der Waals surface area contributed by atoms with Gasteiger partial charge in [0.15, 0.2) is 0 Å². The van der Waals surface area contributed by atoms with E-state index in [2.05, 4.69) is 27.1 Å². The van der Waals surface area contributed by atoms with Gasteiger partial charge in [0, 0.05) is 29.5 Å². The van der Waals surface area contributed by atoms with Gasteiger partial charge in [-0.15, -0.1) is 5.92 Å². The Morgan fingerprint density at radius 2 is 1.94 bits per heavy atom. The number of carbonyl (C=O) groups excluding carboxylic acids is 1. The monoisotopic (exact) mass is 415 g/mol. The van der Waals surface area contributed by atoms with Gasteiger partial charge in [0.2, 0.25) is 5.91 Å². The topological polar surface area (TPSA) is 54.9 Å². The predicted octanol–water partition coefficient (Wildman–Crippen LogP) is 5.63. The number of nitrogens with one attached hydrogen (secondary N) is 1. The number of fused-ring (bicyclic) bond motifs is 1. The van der Waals surface area contributed by atoms with Gasteiger partial charge in [-0.1, -0.05) is 30.5 Å². The van der Waals surface area contributed by atoms with Crippen LogP contribution in [0.3, 0.4) is 0 Å². The lowest BCUT2D eigenvalue weighted by Crippen LogP contribution is -2.28. The predicted molar refractivity (Wildman–Crippen MR) is 121 cm³/mol. The van der Waals surface area contributed by atoms with Crippen LogP contribution in [-0.2, 0) is 4.79 Å². The van der Waals surface area contributed by atoms with Crippen molar-refractivity contribution in [3.8, 4) is 11.8 Å². The van der Waals surface area contributed by atoms with Gasteiger partial charge in [0.05, 0.1) is 17.1 Å². The molecule has 1 heterocycles. The molecule has 4 rings (SSSR count). The van der Waals surface area contributed by atoms with Crippen molar-refractivity contribution in [2.75, 3.05) is 5.32 Å². The fraction of sp³-hybridized carbons (Fsp3) is 0.346. The molecule has 3 unspecified atom stereocenters. The van der Waals surface area contributed by atoms with Gasteiger partial charge >= 0.3 is 0 Å². The summed E-state index contributed by atoms with van der Waals surface area (Å²) < 4.78 is 13.6. The Bertz CT molecular complexity index is 1150. The molecule has 3 aromatic rings. The highest BCUT2D eigenvalue weighted by atomic mass is 19.1. The minimum Gasteiger partial charge on any atom is -0.326 e. The van der Waals surface area contributed by atoms with Crippen LogP contribution in [0.5, 0.6) is 0 Å². The molecule has 3 atom stereocenters. The first-order valence-electron chi connectivity index (χ1n) is 10.8. The Labute approximate surface area is 182 Å². The molecule has 31 heavy (non-hydrogen) atoms. The standard InChI is InChI=1S/C26H26FN3O/c1-17-7-12-22(13-8-17)30-26(31)18(2)19-5-3-4-6-20(10-9-19)25-23-14-11-21(27)15-24(23)28-16-29-25/h7-8,11-16,18-20H,3,5,9-10H2,1-2H3,(H,30,31). The molecule has 0 saturated carbocycles. The van der Waals surface area contributed by atoms with Gasteiger partial charge in [-0.3, -0.25) is 4.79 Å². The molecule has 0 spiro atoms. The number of aryl methyl sites for hydroxylation is 1. The molecular weight excluding hydrogens is 389 g/mol. The quantitative estimate of drug-likeness (QED) is 0.562. The van der Waals surface area contributed by atoms with Gasteiger partial charge in [-0.25, -0.2) is 14.4 Å². The SMILES string of the molecule is Cc1ccc(NC(=O)C(C)C2CCC#CC(c3ncnc4cc(F)ccc34)CC2)cc1. The van der Waals surface area contributed by atoms with Crippen LogP contribution in [0, 0.1) is 36.4 Å². The molecular formula is C26H26FN3O. The van der Waals surface area contributed by atoms with Crippen molar-refractivity contribution in [1.82, 2.24) is 9.97 Å². The molecule has 1 aliphatic rings. The number of anilines is 1. The second-order valence-electron chi connectivity index (χ2n) is 8.31. The summed E-state index contributed by atoms with van der Waals surface area (Å²) in [6.07, 6.45) is 4.82. The van der Waals surface area contributed by atoms with E-state index in [1.807, 2.05) is 38.1 Å². The van der Waals surface area contributed by atoms with Crippen LogP contribution < -0.4 is 5.32 Å². The minimum absolute atomic E-state index is 0.0434. The van der Waals surface area contributed by atoms with Gasteiger partial charge in [0.1, 0.15) is 12.1 Å². The van der Waals surface area contributed by atoms with Crippen molar-refractivity contribution in [2.45, 2.75) is 45.4 Å². The summed E-state index contributed by atoms with van der Waals surface area (Å²) in [6, 6.07) is 12.5. The van der Waals surface area contributed by atoms with Gasteiger partial charge < -0.3 is 5.32 Å². The molecule has 2 aromatic carbocycles. The second-order valence-corrected chi connectivity index (χ2v) is 8.31. The fourth-order valence-corrected chi connectivity index (χ4v) is 4.19. The van der Waals surface area contributed by atoms with E-state index in [1.54, 1.807) is 6.07 Å². The largest absolute Gasteiger partial charge is 0.326 e. The van der Waals surface area contributed by atoms with E-state index in [4.69, 9.17) is 0 Å². The molecule has 0 radical (unpaired) electrons. The third-order valence-corrected chi connectivity index (χ3v) is 6.14. The van der Waals surface area contributed by atoms with Crippen molar-refractivity contribution in [2.24, 2.45) is 11.8 Å². The molecule has 5 heteroatoms. The number of nitrogens with zero attached hydrogens (tertiary/aromatic N) is 2. The van der Waals surface area contributed by atoms with Crippen LogP contribution in [0.15, 0.2) is 48.8 Å². The minimum atomic E-state index is -0.311. The zero-order valence-electron chi connectivity index (χ0n) is 17.9. The van der Waals surface area contributed by atoms with E-state index in [9.17, 15) is 9.18 Å². The molecule has 0 saturated heterocycles. The molecule has 1 amide bonds. The maximum absolute atomic E-state index is 13.6. The maximum Gasteiger partial charge on any atom is 0.227 e. The third kappa shape index (κ3) is 4.91. The van der Waals surface area contributed by atoms with E-state index in [0.717, 1.165) is 48.0 Å². The maximum atomic E-state index is 13.6. The number of carbonyl (C=O) groups is 1. The summed E-state index contributed by atoms with van der Waals surface area (Å²) in [6.45, 7) is 4.03. The van der Waals surface area contributed by atoms with E-state index in [1.165, 1.54) is 18.5 Å². The van der Waals surface area contributed by atoms with Crippen LogP contribution in [0.25, 0.3) is 10.9 Å². The molecule has 0 aliphatic heterocycles. The molecule has 0 bridgehead atoms. The van der Waals surface area contributed by atoms with Gasteiger partial charge in [-0.05, 0) is 56.4 Å². The van der Waals surface area contributed by atoms with Crippen molar-refractivity contribution in [3.05, 3.63) is 65.9 Å². The third-order valence-electron chi connectivity index (χ3n) is 6.14. The zero-order valence-corrected chi connectivity index (χ0v) is 17.9. The molecule has 1 aromatic heterocycles. The average molecular weight is 416 g/mol. The highest BCUT2D eigenvalue weighted by molar-refractivity contribution is 5.92. The number of hydrogen-bond donors (Lipinski definition) is 1. The first-order valence-corrected chi connectivity index (χ1v) is 10.8. The van der Waals surface area contributed by atoms with E-state index < -0.39 is 0 Å². The normalized spacial score (nSPS) is 19.6. The van der Waals surface area contributed by atoms with E-state index in [0.29, 0.717) is 5.52 Å². The second kappa shape index (κ2) is 9.26. The Morgan fingerprint density at radius 3 is 2.74 bits per heavy atom. The first kappa shape index (κ1) is 21.0. The lowest BCUT2D eigenvalue weighted by Gasteiger charge is -2.25. The van der Waals surface area contributed by atoms with Crippen LogP contribution >= 0.6 is 0 Å². The molecule has 0 fully saturated rings. The van der Waals surface area contributed by atoms with Crippen molar-refractivity contribution < 1.29 is 9.18 Å². The van der Waals surface area contributed by atoms with Crippen molar-refractivity contribution in [3.63, 3.8) is 0 Å². The number of benzene rings is 2. The summed E-state index contributed by atoms with van der Waals surface area (Å²) in [7, 11) is 0. The lowest BCUT2D eigenvalue weighted by molar-refractivity contribution is -0.121. The van der Waals surface area contributed by atoms with Crippen LogP contribution in [-0.4, -0.2) is 15.9 Å². The van der Waals surface area contributed by atoms with E-state index >= 15 is 0 Å². The fourth-order valence-electron chi connectivity index (χ4n) is 4.19. The number of halogens is 1. The number of hydrogen-bond acceptors (Lipinski definition) is 3. The molecule has 1 aliphatic carbocycles. The van der Waals surface area contributed by atoms with Crippen molar-refractivity contribution in [1.29, 1.82) is 0 Å².